The van der Waals surface area contributed by atoms with Gasteiger partial charge in [-0.2, -0.15) is 5.26 Å². The number of aromatic nitrogens is 2. The van der Waals surface area contributed by atoms with Crippen LogP contribution in [0.4, 0.5) is 0 Å². The van der Waals surface area contributed by atoms with Crippen molar-refractivity contribution in [2.24, 2.45) is 5.92 Å². The van der Waals surface area contributed by atoms with Gasteiger partial charge in [0.1, 0.15) is 6.33 Å². The third-order valence-electron chi connectivity index (χ3n) is 4.24. The van der Waals surface area contributed by atoms with Crippen LogP contribution in [0.25, 0.3) is 10.9 Å². The van der Waals surface area contributed by atoms with Crippen molar-refractivity contribution in [3.8, 4) is 6.07 Å². The Hall–Kier alpha value is -1.99. The lowest BCUT2D eigenvalue weighted by Crippen LogP contribution is -2.32. The molecule has 20 heavy (non-hydrogen) atoms. The van der Waals surface area contributed by atoms with Crippen molar-refractivity contribution < 1.29 is 0 Å². The van der Waals surface area contributed by atoms with Gasteiger partial charge in [-0.05, 0) is 45.0 Å². The molecule has 1 saturated heterocycles. The van der Waals surface area contributed by atoms with Crippen LogP contribution in [0, 0.1) is 17.2 Å². The molecule has 2 aromatic rings. The first kappa shape index (κ1) is 13.0. The maximum atomic E-state index is 9.63. The second-order valence-corrected chi connectivity index (χ2v) is 5.52. The molecule has 0 bridgehead atoms. The fourth-order valence-electron chi connectivity index (χ4n) is 3.03. The van der Waals surface area contributed by atoms with Gasteiger partial charge in [0.05, 0.1) is 23.2 Å². The van der Waals surface area contributed by atoms with Gasteiger partial charge in [-0.3, -0.25) is 0 Å². The van der Waals surface area contributed by atoms with E-state index in [9.17, 15) is 5.26 Å². The zero-order valence-electron chi connectivity index (χ0n) is 11.7. The lowest BCUT2D eigenvalue weighted by molar-refractivity contribution is 0.210. The van der Waals surface area contributed by atoms with Crippen LogP contribution in [-0.2, 0) is 0 Å². The summed E-state index contributed by atoms with van der Waals surface area (Å²) in [5.74, 6) is 0.270. The van der Waals surface area contributed by atoms with Gasteiger partial charge in [0, 0.05) is 5.39 Å². The summed E-state index contributed by atoms with van der Waals surface area (Å²) in [6.45, 7) is 2.12. The van der Waals surface area contributed by atoms with E-state index in [1.807, 2.05) is 24.3 Å². The number of nitriles is 1. The molecule has 0 amide bonds. The largest absolute Gasteiger partial charge is 0.306 e. The lowest BCUT2D eigenvalue weighted by atomic mass is 9.82. The summed E-state index contributed by atoms with van der Waals surface area (Å²) in [6.07, 6.45) is 3.71. The van der Waals surface area contributed by atoms with E-state index >= 15 is 0 Å². The van der Waals surface area contributed by atoms with Crippen LogP contribution in [-0.4, -0.2) is 35.0 Å². The molecule has 1 aromatic carbocycles. The van der Waals surface area contributed by atoms with Gasteiger partial charge in [-0.1, -0.05) is 18.2 Å². The first-order chi connectivity index (χ1) is 9.79. The fraction of sp³-hybridized carbons (Fsp3) is 0.438. The van der Waals surface area contributed by atoms with Gasteiger partial charge < -0.3 is 4.90 Å². The van der Waals surface area contributed by atoms with Gasteiger partial charge in [0.2, 0.25) is 0 Å². The number of benzene rings is 1. The molecule has 1 aliphatic heterocycles. The van der Waals surface area contributed by atoms with E-state index in [0.717, 1.165) is 42.5 Å². The Bertz CT molecular complexity index is 633. The average Bonchev–Trinajstić information content (AvgIpc) is 2.50. The van der Waals surface area contributed by atoms with Crippen molar-refractivity contribution >= 4 is 10.9 Å². The minimum atomic E-state index is -0.128. The molecule has 0 radical (unpaired) electrons. The molecular weight excluding hydrogens is 248 g/mol. The summed E-state index contributed by atoms with van der Waals surface area (Å²) in [5.41, 5.74) is 1.82. The molecule has 1 aliphatic rings. The summed E-state index contributed by atoms with van der Waals surface area (Å²) in [4.78, 5) is 11.0. The van der Waals surface area contributed by atoms with Gasteiger partial charge in [-0.15, -0.1) is 0 Å². The Kier molecular flexibility index (Phi) is 3.62. The highest BCUT2D eigenvalue weighted by molar-refractivity contribution is 5.81. The van der Waals surface area contributed by atoms with E-state index in [1.54, 1.807) is 6.33 Å². The van der Waals surface area contributed by atoms with Crippen molar-refractivity contribution in [2.75, 3.05) is 20.1 Å². The highest BCUT2D eigenvalue weighted by Gasteiger charge is 2.28. The molecule has 0 spiro atoms. The molecule has 102 valence electrons. The first-order valence-electron chi connectivity index (χ1n) is 7.07. The predicted octanol–water partition coefficient (Wildman–Crippen LogP) is 2.58. The van der Waals surface area contributed by atoms with Gasteiger partial charge in [0.25, 0.3) is 0 Å². The van der Waals surface area contributed by atoms with Crippen LogP contribution in [0.3, 0.4) is 0 Å². The van der Waals surface area contributed by atoms with Crippen LogP contribution >= 0.6 is 0 Å². The molecule has 3 rings (SSSR count). The molecule has 0 N–H and O–H groups in total. The first-order valence-corrected chi connectivity index (χ1v) is 7.07. The summed E-state index contributed by atoms with van der Waals surface area (Å²) in [6, 6.07) is 10.4. The SMILES string of the molecule is CN1CCC(C(C#N)c2ncnc3ccccc23)CC1. The van der Waals surface area contributed by atoms with Crippen LogP contribution in [0.1, 0.15) is 24.5 Å². The monoisotopic (exact) mass is 266 g/mol. The van der Waals surface area contributed by atoms with E-state index in [1.165, 1.54) is 0 Å². The van der Waals surface area contributed by atoms with Gasteiger partial charge in [0.15, 0.2) is 0 Å². The number of piperidine rings is 1. The maximum absolute atomic E-state index is 9.63. The molecule has 1 fully saturated rings. The Balaban J connectivity index is 1.98. The van der Waals surface area contributed by atoms with Crippen molar-refractivity contribution in [3.63, 3.8) is 0 Å². The summed E-state index contributed by atoms with van der Waals surface area (Å²) in [5, 5.41) is 10.6. The Labute approximate surface area is 119 Å². The summed E-state index contributed by atoms with van der Waals surface area (Å²) < 4.78 is 0. The van der Waals surface area contributed by atoms with Gasteiger partial charge in [-0.25, -0.2) is 9.97 Å². The highest BCUT2D eigenvalue weighted by atomic mass is 15.1. The molecule has 1 atom stereocenters. The van der Waals surface area contributed by atoms with E-state index in [2.05, 4.69) is 28.0 Å². The Morgan fingerprint density at radius 3 is 2.75 bits per heavy atom. The number of para-hydroxylation sites is 1. The third kappa shape index (κ3) is 2.37. The molecule has 1 aromatic heterocycles. The summed E-state index contributed by atoms with van der Waals surface area (Å²) in [7, 11) is 2.14. The highest BCUT2D eigenvalue weighted by Crippen LogP contribution is 2.33. The molecular formula is C16H18N4. The number of rotatable bonds is 2. The normalized spacial score (nSPS) is 18.8. The maximum Gasteiger partial charge on any atom is 0.116 e. The average molecular weight is 266 g/mol. The number of fused-ring (bicyclic) bond motifs is 1. The smallest absolute Gasteiger partial charge is 0.116 e. The quantitative estimate of drug-likeness (QED) is 0.838. The zero-order chi connectivity index (χ0) is 13.9. The molecule has 4 nitrogen and oxygen atoms in total. The van der Waals surface area contributed by atoms with Crippen molar-refractivity contribution in [2.45, 2.75) is 18.8 Å². The minimum Gasteiger partial charge on any atom is -0.306 e. The van der Waals surface area contributed by atoms with Gasteiger partial charge >= 0.3 is 0 Å². The molecule has 0 saturated carbocycles. The van der Waals surface area contributed by atoms with Crippen molar-refractivity contribution in [1.82, 2.24) is 14.9 Å². The van der Waals surface area contributed by atoms with Crippen LogP contribution in [0.15, 0.2) is 30.6 Å². The van der Waals surface area contributed by atoms with Crippen LogP contribution in [0.5, 0.6) is 0 Å². The van der Waals surface area contributed by atoms with E-state index < -0.39 is 0 Å². The number of likely N-dealkylation sites (tertiary alicyclic amines) is 1. The van der Waals surface area contributed by atoms with Crippen LogP contribution in [0.2, 0.25) is 0 Å². The number of hydrogen-bond acceptors (Lipinski definition) is 4. The zero-order valence-corrected chi connectivity index (χ0v) is 11.7. The minimum absolute atomic E-state index is 0.128. The van der Waals surface area contributed by atoms with Crippen LogP contribution < -0.4 is 0 Å². The standard InChI is InChI=1S/C16H18N4/c1-20-8-6-12(7-9-20)14(10-17)16-13-4-2-3-5-15(13)18-11-19-16/h2-5,11-12,14H,6-9H2,1H3. The Morgan fingerprint density at radius 1 is 1.25 bits per heavy atom. The van der Waals surface area contributed by atoms with E-state index in [4.69, 9.17) is 0 Å². The summed E-state index contributed by atoms with van der Waals surface area (Å²) >= 11 is 0. The Morgan fingerprint density at radius 2 is 2.00 bits per heavy atom. The number of hydrogen-bond donors (Lipinski definition) is 0. The fourth-order valence-corrected chi connectivity index (χ4v) is 3.03. The second-order valence-electron chi connectivity index (χ2n) is 5.52. The molecule has 2 heterocycles. The number of nitrogens with zero attached hydrogens (tertiary/aromatic N) is 4. The molecule has 1 unspecified atom stereocenters. The van der Waals surface area contributed by atoms with Crippen molar-refractivity contribution in [3.05, 3.63) is 36.3 Å². The molecule has 0 aliphatic carbocycles. The lowest BCUT2D eigenvalue weighted by Gasteiger charge is -2.31. The predicted molar refractivity (Wildman–Crippen MR) is 78.1 cm³/mol. The van der Waals surface area contributed by atoms with E-state index in [0.29, 0.717) is 5.92 Å². The van der Waals surface area contributed by atoms with E-state index in [-0.39, 0.29) is 5.92 Å². The second kappa shape index (κ2) is 5.56. The topological polar surface area (TPSA) is 52.8 Å². The third-order valence-corrected chi connectivity index (χ3v) is 4.24. The van der Waals surface area contributed by atoms with Crippen molar-refractivity contribution in [1.29, 1.82) is 5.26 Å². The molecule has 4 heteroatoms.